The first-order chi connectivity index (χ1) is 7.51. The van der Waals surface area contributed by atoms with Crippen molar-refractivity contribution in [1.82, 2.24) is 0 Å². The standard InChI is InChI=1S/C11H15F2NO2/c1-6(5-14)8-3-7(16-2)4-9(10(8)15)11(12)13/h3-4,6,11,15H,5,14H2,1-2H3. The van der Waals surface area contributed by atoms with Gasteiger partial charge in [0.15, 0.2) is 0 Å². The van der Waals surface area contributed by atoms with Crippen LogP contribution in [0.1, 0.15) is 30.4 Å². The Morgan fingerprint density at radius 2 is 1.94 bits per heavy atom. The van der Waals surface area contributed by atoms with Gasteiger partial charge in [-0.25, -0.2) is 8.78 Å². The predicted octanol–water partition coefficient (Wildman–Crippen LogP) is 2.40. The molecule has 0 amide bonds. The molecule has 16 heavy (non-hydrogen) atoms. The van der Waals surface area contributed by atoms with Gasteiger partial charge in [-0.05, 0) is 24.6 Å². The summed E-state index contributed by atoms with van der Waals surface area (Å²) in [5, 5.41) is 9.69. The number of aromatic hydroxyl groups is 1. The van der Waals surface area contributed by atoms with Crippen LogP contribution in [0.3, 0.4) is 0 Å². The van der Waals surface area contributed by atoms with Gasteiger partial charge in [0.1, 0.15) is 11.5 Å². The summed E-state index contributed by atoms with van der Waals surface area (Å²) in [6.45, 7) is 2.02. The van der Waals surface area contributed by atoms with E-state index in [0.29, 0.717) is 11.3 Å². The van der Waals surface area contributed by atoms with Crippen LogP contribution in [-0.4, -0.2) is 18.8 Å². The molecule has 0 bridgehead atoms. The van der Waals surface area contributed by atoms with Gasteiger partial charge >= 0.3 is 0 Å². The zero-order chi connectivity index (χ0) is 12.3. The molecule has 0 heterocycles. The molecule has 0 aliphatic heterocycles. The lowest BCUT2D eigenvalue weighted by Crippen LogP contribution is -2.10. The fraction of sp³-hybridized carbons (Fsp3) is 0.455. The summed E-state index contributed by atoms with van der Waals surface area (Å²) in [6, 6.07) is 2.66. The molecule has 3 N–H and O–H groups in total. The monoisotopic (exact) mass is 231 g/mol. The molecule has 5 heteroatoms. The number of hydrogen-bond donors (Lipinski definition) is 2. The Hall–Kier alpha value is -1.36. The molecule has 0 saturated carbocycles. The highest BCUT2D eigenvalue weighted by molar-refractivity contribution is 5.48. The van der Waals surface area contributed by atoms with Crippen LogP contribution in [0.4, 0.5) is 8.78 Å². The zero-order valence-corrected chi connectivity index (χ0v) is 9.21. The minimum atomic E-state index is -2.74. The quantitative estimate of drug-likeness (QED) is 0.836. The molecule has 0 saturated heterocycles. The van der Waals surface area contributed by atoms with Crippen molar-refractivity contribution in [2.75, 3.05) is 13.7 Å². The van der Waals surface area contributed by atoms with E-state index < -0.39 is 17.7 Å². The summed E-state index contributed by atoms with van der Waals surface area (Å²) in [6.07, 6.45) is -2.74. The van der Waals surface area contributed by atoms with Gasteiger partial charge in [-0.1, -0.05) is 6.92 Å². The molecule has 1 unspecified atom stereocenters. The lowest BCUT2D eigenvalue weighted by Gasteiger charge is -2.16. The third kappa shape index (κ3) is 2.41. The molecule has 0 spiro atoms. The normalized spacial score (nSPS) is 12.9. The largest absolute Gasteiger partial charge is 0.507 e. The first-order valence-electron chi connectivity index (χ1n) is 4.90. The maximum absolute atomic E-state index is 12.6. The van der Waals surface area contributed by atoms with Crippen molar-refractivity contribution in [3.63, 3.8) is 0 Å². The highest BCUT2D eigenvalue weighted by Gasteiger charge is 2.20. The molecule has 1 rings (SSSR count). The summed E-state index contributed by atoms with van der Waals surface area (Å²) >= 11 is 0. The number of phenols is 1. The van der Waals surface area contributed by atoms with Gasteiger partial charge in [0.25, 0.3) is 6.43 Å². The van der Waals surface area contributed by atoms with Crippen LogP contribution in [0.15, 0.2) is 12.1 Å². The highest BCUT2D eigenvalue weighted by Crippen LogP contribution is 2.38. The van der Waals surface area contributed by atoms with Crippen LogP contribution >= 0.6 is 0 Å². The van der Waals surface area contributed by atoms with Gasteiger partial charge < -0.3 is 15.6 Å². The van der Waals surface area contributed by atoms with E-state index in [0.717, 1.165) is 6.07 Å². The van der Waals surface area contributed by atoms with Crippen molar-refractivity contribution in [2.45, 2.75) is 19.3 Å². The molecular formula is C11H15F2NO2. The van der Waals surface area contributed by atoms with Gasteiger partial charge in [-0.3, -0.25) is 0 Å². The molecule has 0 aromatic heterocycles. The molecule has 0 aliphatic carbocycles. The fourth-order valence-electron chi connectivity index (χ4n) is 1.44. The Morgan fingerprint density at radius 1 is 1.38 bits per heavy atom. The lowest BCUT2D eigenvalue weighted by atomic mass is 9.97. The van der Waals surface area contributed by atoms with E-state index in [1.54, 1.807) is 6.92 Å². The Bertz CT molecular complexity index is 369. The van der Waals surface area contributed by atoms with E-state index >= 15 is 0 Å². The first kappa shape index (κ1) is 12.7. The molecule has 90 valence electrons. The minimum Gasteiger partial charge on any atom is -0.507 e. The summed E-state index contributed by atoms with van der Waals surface area (Å²) in [7, 11) is 1.39. The van der Waals surface area contributed by atoms with Crippen molar-refractivity contribution in [1.29, 1.82) is 0 Å². The number of methoxy groups -OCH3 is 1. The number of hydrogen-bond acceptors (Lipinski definition) is 3. The van der Waals surface area contributed by atoms with E-state index in [4.69, 9.17) is 10.5 Å². The van der Waals surface area contributed by atoms with Crippen LogP contribution < -0.4 is 10.5 Å². The van der Waals surface area contributed by atoms with Crippen LogP contribution in [0, 0.1) is 0 Å². The Morgan fingerprint density at radius 3 is 2.38 bits per heavy atom. The average molecular weight is 231 g/mol. The molecule has 1 atom stereocenters. The smallest absolute Gasteiger partial charge is 0.267 e. The van der Waals surface area contributed by atoms with Crippen LogP contribution in [0.25, 0.3) is 0 Å². The topological polar surface area (TPSA) is 55.5 Å². The van der Waals surface area contributed by atoms with Gasteiger partial charge in [0.05, 0.1) is 12.7 Å². The maximum atomic E-state index is 12.6. The number of benzene rings is 1. The number of halogens is 2. The molecule has 0 fully saturated rings. The SMILES string of the molecule is COc1cc(C(F)F)c(O)c(C(C)CN)c1. The summed E-state index contributed by atoms with van der Waals surface area (Å²) in [5.41, 5.74) is 5.42. The van der Waals surface area contributed by atoms with Crippen molar-refractivity contribution < 1.29 is 18.6 Å². The Kier molecular flexibility index (Phi) is 4.06. The van der Waals surface area contributed by atoms with Gasteiger partial charge in [-0.2, -0.15) is 0 Å². The van der Waals surface area contributed by atoms with Crippen LogP contribution in [-0.2, 0) is 0 Å². The zero-order valence-electron chi connectivity index (χ0n) is 9.21. The first-order valence-corrected chi connectivity index (χ1v) is 4.90. The molecule has 0 radical (unpaired) electrons. The molecular weight excluding hydrogens is 216 g/mol. The van der Waals surface area contributed by atoms with Crippen molar-refractivity contribution in [3.05, 3.63) is 23.3 Å². The maximum Gasteiger partial charge on any atom is 0.267 e. The molecule has 1 aromatic rings. The number of rotatable bonds is 4. The van der Waals surface area contributed by atoms with Gasteiger partial charge in [0.2, 0.25) is 0 Å². The summed E-state index contributed by atoms with van der Waals surface area (Å²) in [5.74, 6) is -0.301. The summed E-state index contributed by atoms with van der Waals surface area (Å²) < 4.78 is 30.2. The van der Waals surface area contributed by atoms with Gasteiger partial charge in [-0.15, -0.1) is 0 Å². The predicted molar refractivity (Wildman–Crippen MR) is 57.1 cm³/mol. The van der Waals surface area contributed by atoms with Crippen molar-refractivity contribution in [3.8, 4) is 11.5 Å². The Labute approximate surface area is 92.8 Å². The highest BCUT2D eigenvalue weighted by atomic mass is 19.3. The number of nitrogens with two attached hydrogens (primary N) is 1. The second kappa shape index (κ2) is 5.12. The molecule has 3 nitrogen and oxygen atoms in total. The third-order valence-electron chi connectivity index (χ3n) is 2.50. The van der Waals surface area contributed by atoms with Crippen LogP contribution in [0.2, 0.25) is 0 Å². The van der Waals surface area contributed by atoms with E-state index in [1.807, 2.05) is 0 Å². The van der Waals surface area contributed by atoms with E-state index in [2.05, 4.69) is 0 Å². The third-order valence-corrected chi connectivity index (χ3v) is 2.50. The summed E-state index contributed by atoms with van der Waals surface area (Å²) in [4.78, 5) is 0. The molecule has 1 aromatic carbocycles. The fourth-order valence-corrected chi connectivity index (χ4v) is 1.44. The van der Waals surface area contributed by atoms with Crippen molar-refractivity contribution in [2.24, 2.45) is 5.73 Å². The van der Waals surface area contributed by atoms with E-state index in [1.165, 1.54) is 13.2 Å². The van der Waals surface area contributed by atoms with Gasteiger partial charge in [0, 0.05) is 5.56 Å². The van der Waals surface area contributed by atoms with E-state index in [-0.39, 0.29) is 12.5 Å². The second-order valence-electron chi connectivity index (χ2n) is 3.59. The van der Waals surface area contributed by atoms with E-state index in [9.17, 15) is 13.9 Å². The molecule has 0 aliphatic rings. The second-order valence-corrected chi connectivity index (χ2v) is 3.59. The number of phenolic OH excluding ortho intramolecular Hbond substituents is 1. The Balaban J connectivity index is 3.31. The van der Waals surface area contributed by atoms with Crippen molar-refractivity contribution >= 4 is 0 Å². The average Bonchev–Trinajstić information content (AvgIpc) is 2.28. The van der Waals surface area contributed by atoms with Crippen LogP contribution in [0.5, 0.6) is 11.5 Å². The lowest BCUT2D eigenvalue weighted by molar-refractivity contribution is 0.146. The minimum absolute atomic E-state index is 0.201. The number of alkyl halides is 2. The number of ether oxygens (including phenoxy) is 1.